The molecular formula is C6H11IN2. The minimum absolute atomic E-state index is 0.567. The first kappa shape index (κ1) is 9.07. The molecule has 0 aromatic rings. The van der Waals surface area contributed by atoms with Gasteiger partial charge >= 0.3 is 0 Å². The minimum Gasteiger partial charge on any atom is -0.307 e. The lowest BCUT2D eigenvalue weighted by Crippen LogP contribution is -1.99. The van der Waals surface area contributed by atoms with Crippen molar-refractivity contribution in [2.24, 2.45) is 4.99 Å². The average molecular weight is 238 g/mol. The molecule has 0 aromatic heterocycles. The summed E-state index contributed by atoms with van der Waals surface area (Å²) in [6.45, 7) is 4.76. The van der Waals surface area contributed by atoms with Gasteiger partial charge in [-0.2, -0.15) is 0 Å². The fourth-order valence-corrected chi connectivity index (χ4v) is 0.512. The lowest BCUT2D eigenvalue weighted by Gasteiger charge is -1.95. The molecule has 3 heteroatoms. The molecule has 0 fully saturated rings. The topological polar surface area (TPSA) is 36.2 Å². The van der Waals surface area contributed by atoms with Crippen LogP contribution < -0.4 is 0 Å². The smallest absolute Gasteiger partial charge is 0.0508 e. The average Bonchev–Trinajstić information content (AvgIpc) is 1.83. The van der Waals surface area contributed by atoms with Crippen molar-refractivity contribution in [1.29, 1.82) is 5.41 Å². The largest absolute Gasteiger partial charge is 0.307 e. The third-order valence-corrected chi connectivity index (χ3v) is 1.20. The van der Waals surface area contributed by atoms with Gasteiger partial charge in [-0.3, -0.25) is 4.99 Å². The molecule has 0 aromatic carbocycles. The summed E-state index contributed by atoms with van der Waals surface area (Å²) in [5, 5.41) is 6.79. The van der Waals surface area contributed by atoms with E-state index in [-0.39, 0.29) is 0 Å². The zero-order chi connectivity index (χ0) is 7.28. The zero-order valence-corrected chi connectivity index (χ0v) is 7.84. The molecule has 0 rings (SSSR count). The summed E-state index contributed by atoms with van der Waals surface area (Å²) >= 11 is 2.31. The van der Waals surface area contributed by atoms with E-state index in [9.17, 15) is 0 Å². The maximum absolute atomic E-state index is 6.79. The van der Waals surface area contributed by atoms with Gasteiger partial charge in [0.15, 0.2) is 0 Å². The van der Waals surface area contributed by atoms with Crippen molar-refractivity contribution in [3.63, 3.8) is 0 Å². The number of hydrogen-bond donors (Lipinski definition) is 1. The molecule has 0 saturated heterocycles. The van der Waals surface area contributed by atoms with Crippen LogP contribution in [0.15, 0.2) is 4.99 Å². The Labute approximate surface area is 69.4 Å². The second kappa shape index (κ2) is 4.90. The maximum atomic E-state index is 6.79. The van der Waals surface area contributed by atoms with Gasteiger partial charge in [0.1, 0.15) is 0 Å². The van der Waals surface area contributed by atoms with Gasteiger partial charge in [-0.15, -0.1) is 0 Å². The summed E-state index contributed by atoms with van der Waals surface area (Å²) in [5.41, 5.74) is 0.804. The lowest BCUT2D eigenvalue weighted by molar-refractivity contribution is 0.985. The standard InChI is InChI=1S/C6H11IN2/c1-5(7)4-9-6(2)3-8/h3,5,8H,4H2,1-2H3/b8-3?,9-6-. The second-order valence-electron chi connectivity index (χ2n) is 1.91. The molecule has 1 atom stereocenters. The molecule has 0 aliphatic heterocycles. The van der Waals surface area contributed by atoms with E-state index in [2.05, 4.69) is 34.5 Å². The first-order valence-corrected chi connectivity index (χ1v) is 4.07. The molecule has 0 heterocycles. The van der Waals surface area contributed by atoms with E-state index in [1.165, 1.54) is 6.21 Å². The molecule has 0 amide bonds. The quantitative estimate of drug-likeness (QED) is 0.443. The predicted molar refractivity (Wildman–Crippen MR) is 50.2 cm³/mol. The zero-order valence-electron chi connectivity index (χ0n) is 5.69. The number of halogens is 1. The van der Waals surface area contributed by atoms with Crippen LogP contribution in [0.5, 0.6) is 0 Å². The first-order valence-electron chi connectivity index (χ1n) is 2.82. The normalized spacial score (nSPS) is 15.2. The predicted octanol–water partition coefficient (Wildman–Crippen LogP) is 1.92. The number of rotatable bonds is 3. The SMILES string of the molecule is C/C(C=N)=N/CC(C)I. The number of aliphatic imine (C=N–C) groups is 1. The van der Waals surface area contributed by atoms with Crippen molar-refractivity contribution in [3.8, 4) is 0 Å². The Morgan fingerprint density at radius 3 is 2.78 bits per heavy atom. The fraction of sp³-hybridized carbons (Fsp3) is 0.667. The van der Waals surface area contributed by atoms with E-state index < -0.39 is 0 Å². The van der Waals surface area contributed by atoms with Crippen LogP contribution in [-0.2, 0) is 0 Å². The Morgan fingerprint density at radius 1 is 1.89 bits per heavy atom. The molecular weight excluding hydrogens is 227 g/mol. The van der Waals surface area contributed by atoms with E-state index in [4.69, 9.17) is 5.41 Å². The Bertz CT molecular complexity index is 118. The second-order valence-corrected chi connectivity index (χ2v) is 4.03. The summed E-state index contributed by atoms with van der Waals surface area (Å²) in [7, 11) is 0. The van der Waals surface area contributed by atoms with Crippen LogP contribution in [0.25, 0.3) is 0 Å². The summed E-state index contributed by atoms with van der Waals surface area (Å²) in [6.07, 6.45) is 1.28. The molecule has 1 unspecified atom stereocenters. The van der Waals surface area contributed by atoms with E-state index in [1.807, 2.05) is 6.92 Å². The number of nitrogens with one attached hydrogen (secondary N) is 1. The Hall–Kier alpha value is 0.0700. The summed E-state index contributed by atoms with van der Waals surface area (Å²) in [4.78, 5) is 4.11. The minimum atomic E-state index is 0.567. The van der Waals surface area contributed by atoms with Crippen LogP contribution in [-0.4, -0.2) is 22.4 Å². The highest BCUT2D eigenvalue weighted by Crippen LogP contribution is 1.97. The summed E-state index contributed by atoms with van der Waals surface area (Å²) in [5.74, 6) is 0. The van der Waals surface area contributed by atoms with Gasteiger partial charge in [0.05, 0.1) is 6.54 Å². The van der Waals surface area contributed by atoms with Crippen LogP contribution in [0.4, 0.5) is 0 Å². The molecule has 0 bridgehead atoms. The molecule has 52 valence electrons. The Morgan fingerprint density at radius 2 is 2.44 bits per heavy atom. The summed E-state index contributed by atoms with van der Waals surface area (Å²) < 4.78 is 0.567. The van der Waals surface area contributed by atoms with Gasteiger partial charge in [-0.05, 0) is 6.92 Å². The van der Waals surface area contributed by atoms with Crippen LogP contribution in [0.1, 0.15) is 13.8 Å². The molecule has 0 aliphatic rings. The first-order chi connectivity index (χ1) is 4.16. The van der Waals surface area contributed by atoms with E-state index in [0.717, 1.165) is 12.3 Å². The van der Waals surface area contributed by atoms with Gasteiger partial charge in [0.2, 0.25) is 0 Å². The highest BCUT2D eigenvalue weighted by molar-refractivity contribution is 14.1. The fourth-order valence-electron chi connectivity index (χ4n) is 0.315. The molecule has 0 saturated carbocycles. The highest BCUT2D eigenvalue weighted by Gasteiger charge is 1.90. The maximum Gasteiger partial charge on any atom is 0.0508 e. The molecule has 2 nitrogen and oxygen atoms in total. The van der Waals surface area contributed by atoms with Gasteiger partial charge in [0, 0.05) is 15.9 Å². The van der Waals surface area contributed by atoms with Crippen LogP contribution in [0.2, 0.25) is 0 Å². The van der Waals surface area contributed by atoms with Crippen LogP contribution in [0.3, 0.4) is 0 Å². The molecule has 9 heavy (non-hydrogen) atoms. The van der Waals surface area contributed by atoms with Gasteiger partial charge in [0.25, 0.3) is 0 Å². The van der Waals surface area contributed by atoms with Gasteiger partial charge in [-0.25, -0.2) is 0 Å². The molecule has 0 spiro atoms. The number of alkyl halides is 1. The van der Waals surface area contributed by atoms with Crippen molar-refractivity contribution >= 4 is 34.5 Å². The summed E-state index contributed by atoms with van der Waals surface area (Å²) in [6, 6.07) is 0. The third-order valence-electron chi connectivity index (χ3n) is 0.801. The Kier molecular flexibility index (Phi) is 4.94. The monoisotopic (exact) mass is 238 g/mol. The third kappa shape index (κ3) is 5.95. The number of nitrogens with zero attached hydrogens (tertiary/aromatic N) is 1. The van der Waals surface area contributed by atoms with Crippen molar-refractivity contribution in [2.75, 3.05) is 6.54 Å². The van der Waals surface area contributed by atoms with Crippen molar-refractivity contribution in [2.45, 2.75) is 17.8 Å². The van der Waals surface area contributed by atoms with E-state index >= 15 is 0 Å². The van der Waals surface area contributed by atoms with Crippen molar-refractivity contribution in [3.05, 3.63) is 0 Å². The van der Waals surface area contributed by atoms with Gasteiger partial charge < -0.3 is 5.41 Å². The van der Waals surface area contributed by atoms with Crippen LogP contribution in [0, 0.1) is 5.41 Å². The Balaban J connectivity index is 3.56. The van der Waals surface area contributed by atoms with E-state index in [1.54, 1.807) is 0 Å². The number of hydrogen-bond acceptors (Lipinski definition) is 2. The van der Waals surface area contributed by atoms with E-state index in [0.29, 0.717) is 3.92 Å². The molecule has 1 N–H and O–H groups in total. The lowest BCUT2D eigenvalue weighted by atomic mass is 10.4. The van der Waals surface area contributed by atoms with Crippen LogP contribution >= 0.6 is 22.6 Å². The molecule has 0 radical (unpaired) electrons. The van der Waals surface area contributed by atoms with Gasteiger partial charge in [-0.1, -0.05) is 29.5 Å². The highest BCUT2D eigenvalue weighted by atomic mass is 127. The van der Waals surface area contributed by atoms with Crippen molar-refractivity contribution in [1.82, 2.24) is 0 Å². The molecule has 0 aliphatic carbocycles. The van der Waals surface area contributed by atoms with Crippen molar-refractivity contribution < 1.29 is 0 Å².